The van der Waals surface area contributed by atoms with E-state index in [0.717, 1.165) is 9.88 Å². The molecule has 0 amide bonds. The number of hydrogen-bond donors (Lipinski definition) is 1. The van der Waals surface area contributed by atoms with Gasteiger partial charge in [-0.25, -0.2) is 0 Å². The van der Waals surface area contributed by atoms with Gasteiger partial charge in [0.1, 0.15) is 0 Å². The molecule has 0 aliphatic rings. The number of rotatable bonds is 4. The molecule has 2 rings (SSSR count). The summed E-state index contributed by atoms with van der Waals surface area (Å²) in [7, 11) is 1.64. The number of nitrogens with two attached hydrogens (primary N) is 1. The number of methoxy groups -OCH3 is 1. The number of thiophene rings is 1. The van der Waals surface area contributed by atoms with Gasteiger partial charge in [-0.05, 0) is 12.1 Å². The molecular formula is C9H11N3O2S. The van der Waals surface area contributed by atoms with Crippen molar-refractivity contribution in [3.05, 3.63) is 18.0 Å². The number of aromatic nitrogens is 2. The summed E-state index contributed by atoms with van der Waals surface area (Å²) in [4.78, 5) is 5.12. The Morgan fingerprint density at radius 2 is 2.40 bits per heavy atom. The van der Waals surface area contributed by atoms with Crippen LogP contribution in [-0.2, 0) is 11.2 Å². The van der Waals surface area contributed by atoms with Crippen molar-refractivity contribution in [2.45, 2.75) is 6.42 Å². The first-order valence-electron chi connectivity index (χ1n) is 4.47. The number of ether oxygens (including phenoxy) is 1. The van der Waals surface area contributed by atoms with E-state index in [2.05, 4.69) is 10.1 Å². The zero-order valence-electron chi connectivity index (χ0n) is 8.27. The fourth-order valence-corrected chi connectivity index (χ4v) is 1.81. The quantitative estimate of drug-likeness (QED) is 0.854. The highest BCUT2D eigenvalue weighted by molar-refractivity contribution is 7.19. The minimum Gasteiger partial charge on any atom is -0.391 e. The van der Waals surface area contributed by atoms with E-state index >= 15 is 0 Å². The molecular weight excluding hydrogens is 214 g/mol. The maximum absolute atomic E-state index is 5.61. The van der Waals surface area contributed by atoms with Crippen LogP contribution in [0.3, 0.4) is 0 Å². The lowest BCUT2D eigenvalue weighted by Gasteiger charge is -1.90. The van der Waals surface area contributed by atoms with E-state index in [1.54, 1.807) is 7.11 Å². The second-order valence-corrected chi connectivity index (χ2v) is 4.08. The number of nitrogens with zero attached hydrogens (tertiary/aromatic N) is 2. The summed E-state index contributed by atoms with van der Waals surface area (Å²) in [5.74, 6) is 1.17. The summed E-state index contributed by atoms with van der Waals surface area (Å²) in [6.07, 6.45) is 0.654. The molecule has 0 spiro atoms. The largest absolute Gasteiger partial charge is 0.391 e. The Balaban J connectivity index is 2.13. The smallest absolute Gasteiger partial charge is 0.268 e. The molecule has 2 N–H and O–H groups in total. The standard InChI is InChI=1S/C9H11N3O2S/c1-13-5-4-8-11-9(14-12-8)6-2-3-7(10)15-6/h2-3H,4-5,10H2,1H3. The Hall–Kier alpha value is -1.40. The highest BCUT2D eigenvalue weighted by Crippen LogP contribution is 2.27. The fraction of sp³-hybridized carbons (Fsp3) is 0.333. The summed E-state index contributed by atoms with van der Waals surface area (Å²) < 4.78 is 10.0. The predicted molar refractivity (Wildman–Crippen MR) is 57.6 cm³/mol. The van der Waals surface area contributed by atoms with Crippen molar-refractivity contribution in [3.63, 3.8) is 0 Å². The van der Waals surface area contributed by atoms with Crippen molar-refractivity contribution < 1.29 is 9.26 Å². The SMILES string of the molecule is COCCc1noc(-c2ccc(N)s2)n1. The first kappa shape index (κ1) is 10.1. The minimum atomic E-state index is 0.516. The monoisotopic (exact) mass is 225 g/mol. The van der Waals surface area contributed by atoms with Crippen molar-refractivity contribution >= 4 is 16.3 Å². The third-order valence-corrected chi connectivity index (χ3v) is 2.74. The molecule has 0 aliphatic carbocycles. The van der Waals surface area contributed by atoms with Crippen LogP contribution in [0, 0.1) is 0 Å². The Labute approximate surface area is 90.9 Å². The van der Waals surface area contributed by atoms with Crippen LogP contribution in [0.15, 0.2) is 16.7 Å². The lowest BCUT2D eigenvalue weighted by Crippen LogP contribution is -1.95. The van der Waals surface area contributed by atoms with Gasteiger partial charge in [0.05, 0.1) is 16.5 Å². The van der Waals surface area contributed by atoms with Crippen molar-refractivity contribution in [1.29, 1.82) is 0 Å². The third-order valence-electron chi connectivity index (χ3n) is 1.84. The summed E-state index contributed by atoms with van der Waals surface area (Å²) in [6, 6.07) is 3.69. The van der Waals surface area contributed by atoms with Gasteiger partial charge in [0.2, 0.25) is 0 Å². The molecule has 15 heavy (non-hydrogen) atoms. The lowest BCUT2D eigenvalue weighted by molar-refractivity contribution is 0.199. The minimum absolute atomic E-state index is 0.516. The van der Waals surface area contributed by atoms with E-state index in [9.17, 15) is 0 Å². The average Bonchev–Trinajstić information content (AvgIpc) is 2.83. The average molecular weight is 225 g/mol. The van der Waals surface area contributed by atoms with E-state index in [1.807, 2.05) is 12.1 Å². The van der Waals surface area contributed by atoms with E-state index < -0.39 is 0 Å². The zero-order valence-corrected chi connectivity index (χ0v) is 9.08. The highest BCUT2D eigenvalue weighted by Gasteiger charge is 2.10. The van der Waals surface area contributed by atoms with Crippen LogP contribution in [0.25, 0.3) is 10.8 Å². The molecule has 0 aromatic carbocycles. The topological polar surface area (TPSA) is 74.2 Å². The molecule has 0 bridgehead atoms. The van der Waals surface area contributed by atoms with E-state index in [1.165, 1.54) is 11.3 Å². The molecule has 2 heterocycles. The molecule has 0 atom stereocenters. The van der Waals surface area contributed by atoms with Crippen molar-refractivity contribution in [3.8, 4) is 10.8 Å². The molecule has 5 nitrogen and oxygen atoms in total. The second-order valence-electron chi connectivity index (χ2n) is 2.96. The molecule has 0 unspecified atom stereocenters. The second kappa shape index (κ2) is 4.41. The van der Waals surface area contributed by atoms with Crippen molar-refractivity contribution in [1.82, 2.24) is 10.1 Å². The van der Waals surface area contributed by atoms with Crippen LogP contribution < -0.4 is 5.73 Å². The summed E-state index contributed by atoms with van der Waals surface area (Å²) in [6.45, 7) is 0.589. The molecule has 0 saturated carbocycles. The van der Waals surface area contributed by atoms with Crippen LogP contribution >= 0.6 is 11.3 Å². The van der Waals surface area contributed by atoms with Gasteiger partial charge in [0.25, 0.3) is 5.89 Å². The lowest BCUT2D eigenvalue weighted by atomic mass is 10.4. The number of hydrogen-bond acceptors (Lipinski definition) is 6. The summed E-state index contributed by atoms with van der Waals surface area (Å²) in [5, 5.41) is 4.58. The van der Waals surface area contributed by atoms with Gasteiger partial charge in [-0.2, -0.15) is 4.98 Å². The summed E-state index contributed by atoms with van der Waals surface area (Å²) in [5.41, 5.74) is 5.61. The maximum atomic E-state index is 5.61. The molecule has 0 fully saturated rings. The Morgan fingerprint density at radius 1 is 1.53 bits per heavy atom. The predicted octanol–water partition coefficient (Wildman–Crippen LogP) is 1.57. The maximum Gasteiger partial charge on any atom is 0.268 e. The molecule has 0 saturated heterocycles. The Bertz CT molecular complexity index is 438. The van der Waals surface area contributed by atoms with Crippen LogP contribution in [0.4, 0.5) is 5.00 Å². The van der Waals surface area contributed by atoms with Crippen molar-refractivity contribution in [2.75, 3.05) is 19.5 Å². The van der Waals surface area contributed by atoms with E-state index in [0.29, 0.717) is 24.7 Å². The van der Waals surface area contributed by atoms with E-state index in [-0.39, 0.29) is 0 Å². The first-order valence-corrected chi connectivity index (χ1v) is 5.28. The molecule has 6 heteroatoms. The molecule has 2 aromatic heterocycles. The van der Waals surface area contributed by atoms with Gasteiger partial charge >= 0.3 is 0 Å². The van der Waals surface area contributed by atoms with Crippen LogP contribution in [0.1, 0.15) is 5.82 Å². The van der Waals surface area contributed by atoms with Gasteiger partial charge in [0.15, 0.2) is 5.82 Å². The molecule has 0 aliphatic heterocycles. The molecule has 80 valence electrons. The Kier molecular flexibility index (Phi) is 2.98. The Morgan fingerprint density at radius 3 is 3.07 bits per heavy atom. The normalized spacial score (nSPS) is 10.7. The van der Waals surface area contributed by atoms with Gasteiger partial charge in [-0.15, -0.1) is 11.3 Å². The van der Waals surface area contributed by atoms with Crippen LogP contribution in [0.2, 0.25) is 0 Å². The zero-order chi connectivity index (χ0) is 10.7. The molecule has 2 aromatic rings. The highest BCUT2D eigenvalue weighted by atomic mass is 32.1. The van der Waals surface area contributed by atoms with Crippen molar-refractivity contribution in [2.24, 2.45) is 0 Å². The third kappa shape index (κ3) is 2.34. The van der Waals surface area contributed by atoms with Gasteiger partial charge < -0.3 is 15.0 Å². The molecule has 0 radical (unpaired) electrons. The van der Waals surface area contributed by atoms with Crippen LogP contribution in [-0.4, -0.2) is 23.9 Å². The summed E-state index contributed by atoms with van der Waals surface area (Å²) >= 11 is 1.43. The first-order chi connectivity index (χ1) is 7.29. The van der Waals surface area contributed by atoms with Gasteiger partial charge in [-0.1, -0.05) is 5.16 Å². The van der Waals surface area contributed by atoms with E-state index in [4.69, 9.17) is 15.0 Å². The van der Waals surface area contributed by atoms with Crippen LogP contribution in [0.5, 0.6) is 0 Å². The number of nitrogen functional groups attached to an aromatic ring is 1. The fourth-order valence-electron chi connectivity index (χ4n) is 1.12. The van der Waals surface area contributed by atoms with Gasteiger partial charge in [-0.3, -0.25) is 0 Å². The number of anilines is 1. The van der Waals surface area contributed by atoms with Gasteiger partial charge in [0, 0.05) is 13.5 Å².